The average molecular weight is 478 g/mol. The molecule has 190 valence electrons. The number of rotatable bonds is 10. The van der Waals surface area contributed by atoms with Crippen LogP contribution in [0.15, 0.2) is 54.6 Å². The van der Waals surface area contributed by atoms with Crippen molar-refractivity contribution in [3.8, 4) is 5.75 Å². The molecular formula is C30H43N3O2. The first kappa shape index (κ1) is 25.6. The van der Waals surface area contributed by atoms with E-state index in [0.717, 1.165) is 56.5 Å². The fourth-order valence-corrected chi connectivity index (χ4v) is 6.29. The Hall–Kier alpha value is -2.53. The van der Waals surface area contributed by atoms with Gasteiger partial charge in [0.1, 0.15) is 5.75 Å². The van der Waals surface area contributed by atoms with Gasteiger partial charge in [-0.05, 0) is 69.5 Å². The number of nitrogens with zero attached hydrogens (tertiary/aromatic N) is 3. The number of hydrogen-bond acceptors (Lipinski definition) is 3. The summed E-state index contributed by atoms with van der Waals surface area (Å²) in [6.45, 7) is 4.60. The summed E-state index contributed by atoms with van der Waals surface area (Å²) in [6, 6.07) is 19.3. The summed E-state index contributed by atoms with van der Waals surface area (Å²) in [6.07, 6.45) is 8.96. The molecule has 0 atom stereocenters. The van der Waals surface area contributed by atoms with Crippen LogP contribution in [-0.4, -0.2) is 60.6 Å². The maximum atomic E-state index is 13.8. The summed E-state index contributed by atoms with van der Waals surface area (Å²) < 4.78 is 5.31. The molecule has 1 heterocycles. The molecule has 2 aromatic rings. The quantitative estimate of drug-likeness (QED) is 0.378. The maximum Gasteiger partial charge on any atom is 0.320 e. The van der Waals surface area contributed by atoms with Gasteiger partial charge in [0.25, 0.3) is 0 Å². The smallest absolute Gasteiger partial charge is 0.320 e. The van der Waals surface area contributed by atoms with Crippen molar-refractivity contribution in [3.63, 3.8) is 0 Å². The maximum absolute atomic E-state index is 13.8. The van der Waals surface area contributed by atoms with E-state index in [1.807, 2.05) is 12.1 Å². The number of urea groups is 1. The van der Waals surface area contributed by atoms with Crippen LogP contribution in [-0.2, 0) is 12.1 Å². The van der Waals surface area contributed by atoms with Gasteiger partial charge < -0.3 is 14.5 Å². The van der Waals surface area contributed by atoms with Gasteiger partial charge in [0, 0.05) is 25.2 Å². The van der Waals surface area contributed by atoms with Crippen LogP contribution in [0.4, 0.5) is 4.79 Å². The van der Waals surface area contributed by atoms with E-state index < -0.39 is 0 Å². The van der Waals surface area contributed by atoms with Crippen LogP contribution in [0.3, 0.4) is 0 Å². The number of ether oxygens (including phenoxy) is 1. The van der Waals surface area contributed by atoms with E-state index in [-0.39, 0.29) is 17.1 Å². The zero-order chi connectivity index (χ0) is 24.9. The molecule has 0 N–H and O–H groups in total. The monoisotopic (exact) mass is 477 g/mol. The van der Waals surface area contributed by atoms with Crippen molar-refractivity contribution >= 4 is 6.03 Å². The van der Waals surface area contributed by atoms with E-state index in [2.05, 4.69) is 78.2 Å². The summed E-state index contributed by atoms with van der Waals surface area (Å²) in [5.74, 6) is 0.851. The standard InChI is InChI=1S/C30H43N3O2/c1-5-6-7-11-22-33-28(34)32(23-25-14-16-27(35-4)17-15-25)24-29(33)18-20-30(21-19-29,31(2)3)26-12-9-8-10-13-26/h8-10,12-17H,5-7,11,18-24H2,1-4H3/t29-,30-. The van der Waals surface area contributed by atoms with Crippen molar-refractivity contribution in [1.29, 1.82) is 0 Å². The van der Waals surface area contributed by atoms with Crippen molar-refractivity contribution in [2.75, 3.05) is 34.3 Å². The third-order valence-electron chi connectivity index (χ3n) is 8.50. The number of amides is 2. The van der Waals surface area contributed by atoms with Crippen molar-refractivity contribution < 1.29 is 9.53 Å². The molecule has 2 fully saturated rings. The fourth-order valence-electron chi connectivity index (χ4n) is 6.29. The number of carbonyl (C=O) groups is 1. The molecule has 1 aliphatic heterocycles. The largest absolute Gasteiger partial charge is 0.497 e. The average Bonchev–Trinajstić information content (AvgIpc) is 3.13. The number of unbranched alkanes of at least 4 members (excludes halogenated alkanes) is 3. The minimum Gasteiger partial charge on any atom is -0.497 e. The molecule has 1 saturated carbocycles. The predicted molar refractivity (Wildman–Crippen MR) is 143 cm³/mol. The molecule has 5 nitrogen and oxygen atoms in total. The van der Waals surface area contributed by atoms with Gasteiger partial charge >= 0.3 is 6.03 Å². The molecule has 5 heteroatoms. The SMILES string of the molecule is CCCCCCN1C(=O)N(Cc2ccc(OC)cc2)C[C@]12CC[C@@](c1ccccc1)(N(C)C)CC2. The molecule has 2 aliphatic rings. The normalized spacial score (nSPS) is 24.5. The number of hydrogen-bond donors (Lipinski definition) is 0. The minimum absolute atomic E-state index is 0.0346. The molecular weight excluding hydrogens is 434 g/mol. The fraction of sp³-hybridized carbons (Fsp3) is 0.567. The highest BCUT2D eigenvalue weighted by Crippen LogP contribution is 2.49. The van der Waals surface area contributed by atoms with Gasteiger partial charge in [-0.15, -0.1) is 0 Å². The second-order valence-corrected chi connectivity index (χ2v) is 10.7. The molecule has 35 heavy (non-hydrogen) atoms. The Morgan fingerprint density at radius 1 is 0.914 bits per heavy atom. The summed E-state index contributed by atoms with van der Waals surface area (Å²) in [5, 5.41) is 0. The van der Waals surface area contributed by atoms with E-state index in [4.69, 9.17) is 4.74 Å². The lowest BCUT2D eigenvalue weighted by atomic mass is 9.68. The van der Waals surface area contributed by atoms with Gasteiger partial charge in [-0.2, -0.15) is 0 Å². The van der Waals surface area contributed by atoms with Crippen LogP contribution in [0, 0.1) is 0 Å². The van der Waals surface area contributed by atoms with Gasteiger partial charge in [-0.3, -0.25) is 4.90 Å². The second-order valence-electron chi connectivity index (χ2n) is 10.7. The Morgan fingerprint density at radius 2 is 1.60 bits per heavy atom. The third-order valence-corrected chi connectivity index (χ3v) is 8.50. The summed E-state index contributed by atoms with van der Waals surface area (Å²) in [5.41, 5.74) is 2.52. The first-order valence-corrected chi connectivity index (χ1v) is 13.4. The lowest BCUT2D eigenvalue weighted by Gasteiger charge is -2.51. The van der Waals surface area contributed by atoms with Gasteiger partial charge in [0.15, 0.2) is 0 Å². The Kier molecular flexibility index (Phi) is 8.05. The topological polar surface area (TPSA) is 36.0 Å². The van der Waals surface area contributed by atoms with Crippen molar-refractivity contribution in [1.82, 2.24) is 14.7 Å². The number of methoxy groups -OCH3 is 1. The van der Waals surface area contributed by atoms with Gasteiger partial charge in [-0.1, -0.05) is 68.7 Å². The molecule has 1 spiro atoms. The molecule has 0 radical (unpaired) electrons. The lowest BCUT2D eigenvalue weighted by Crippen LogP contribution is -2.55. The second kappa shape index (κ2) is 11.0. The summed E-state index contributed by atoms with van der Waals surface area (Å²) in [4.78, 5) is 20.5. The Labute approximate surface area is 212 Å². The van der Waals surface area contributed by atoms with Gasteiger partial charge in [0.05, 0.1) is 12.6 Å². The van der Waals surface area contributed by atoms with E-state index in [1.54, 1.807) is 7.11 Å². The molecule has 4 rings (SSSR count). The van der Waals surface area contributed by atoms with E-state index in [1.165, 1.54) is 24.8 Å². The molecule has 1 aliphatic carbocycles. The highest BCUT2D eigenvalue weighted by Gasteiger charge is 2.54. The van der Waals surface area contributed by atoms with Crippen LogP contribution in [0.1, 0.15) is 69.4 Å². The summed E-state index contributed by atoms with van der Waals surface area (Å²) >= 11 is 0. The zero-order valence-corrected chi connectivity index (χ0v) is 22.1. The number of benzene rings is 2. The van der Waals surface area contributed by atoms with Crippen LogP contribution >= 0.6 is 0 Å². The highest BCUT2D eigenvalue weighted by molar-refractivity contribution is 5.78. The molecule has 1 saturated heterocycles. The Balaban J connectivity index is 1.55. The molecule has 2 aromatic carbocycles. The number of carbonyl (C=O) groups excluding carboxylic acids is 1. The van der Waals surface area contributed by atoms with E-state index >= 15 is 0 Å². The van der Waals surface area contributed by atoms with Crippen molar-refractivity contribution in [2.24, 2.45) is 0 Å². The Bertz CT molecular complexity index is 949. The van der Waals surface area contributed by atoms with Crippen LogP contribution in [0.25, 0.3) is 0 Å². The van der Waals surface area contributed by atoms with Crippen LogP contribution in [0.5, 0.6) is 5.75 Å². The van der Waals surface area contributed by atoms with Crippen LogP contribution in [0.2, 0.25) is 0 Å². The van der Waals surface area contributed by atoms with E-state index in [0.29, 0.717) is 6.54 Å². The van der Waals surface area contributed by atoms with Crippen molar-refractivity contribution in [3.05, 3.63) is 65.7 Å². The lowest BCUT2D eigenvalue weighted by molar-refractivity contribution is 0.0241. The third kappa shape index (κ3) is 5.20. The molecule has 2 amide bonds. The highest BCUT2D eigenvalue weighted by atomic mass is 16.5. The molecule has 0 unspecified atom stereocenters. The molecule has 0 bridgehead atoms. The van der Waals surface area contributed by atoms with Gasteiger partial charge in [-0.25, -0.2) is 4.79 Å². The van der Waals surface area contributed by atoms with Crippen LogP contribution < -0.4 is 4.74 Å². The minimum atomic E-state index is -0.0654. The Morgan fingerprint density at radius 3 is 2.20 bits per heavy atom. The van der Waals surface area contributed by atoms with E-state index in [9.17, 15) is 4.79 Å². The molecule has 0 aromatic heterocycles. The zero-order valence-electron chi connectivity index (χ0n) is 22.1. The predicted octanol–water partition coefficient (Wildman–Crippen LogP) is 6.28. The summed E-state index contributed by atoms with van der Waals surface area (Å²) in [7, 11) is 6.11. The first-order chi connectivity index (χ1) is 16.9. The first-order valence-electron chi connectivity index (χ1n) is 13.4. The van der Waals surface area contributed by atoms with Gasteiger partial charge in [0.2, 0.25) is 0 Å². The van der Waals surface area contributed by atoms with Crippen molar-refractivity contribution in [2.45, 2.75) is 75.9 Å².